The van der Waals surface area contributed by atoms with Crippen molar-refractivity contribution in [2.45, 2.75) is 0 Å². The molecule has 1 aliphatic heterocycles. The number of thiazole rings is 1. The van der Waals surface area contributed by atoms with Crippen molar-refractivity contribution in [1.82, 2.24) is 4.98 Å². The van der Waals surface area contributed by atoms with Crippen LogP contribution >= 0.6 is 11.3 Å². The molecule has 0 fully saturated rings. The van der Waals surface area contributed by atoms with Crippen molar-refractivity contribution in [3.05, 3.63) is 83.4 Å². The molecule has 1 N–H and O–H groups in total. The molecule has 0 atom stereocenters. The molecule has 1 amide bonds. The summed E-state index contributed by atoms with van der Waals surface area (Å²) in [4.78, 5) is 29.5. The number of anilines is 1. The number of fused-ring (bicyclic) bond motifs is 2. The van der Waals surface area contributed by atoms with Crippen molar-refractivity contribution in [3.63, 3.8) is 0 Å². The zero-order valence-corrected chi connectivity index (χ0v) is 15.9. The van der Waals surface area contributed by atoms with Crippen LogP contribution in [-0.2, 0) is 0 Å². The highest BCUT2D eigenvalue weighted by molar-refractivity contribution is 7.22. The molecule has 0 saturated heterocycles. The fraction of sp³-hybridized carbons (Fsp3) is 0.0455. The lowest BCUT2D eigenvalue weighted by Crippen LogP contribution is -2.12. The average molecular weight is 402 g/mol. The van der Waals surface area contributed by atoms with Crippen LogP contribution in [0.15, 0.2) is 66.7 Å². The smallest absolute Gasteiger partial charge is 0.257 e. The Hall–Kier alpha value is -3.71. The van der Waals surface area contributed by atoms with E-state index in [1.807, 2.05) is 24.3 Å². The second-order valence-corrected chi connectivity index (χ2v) is 7.45. The molecule has 3 aromatic carbocycles. The molecule has 2 heterocycles. The normalized spacial score (nSPS) is 12.1. The Kier molecular flexibility index (Phi) is 4.22. The van der Waals surface area contributed by atoms with Gasteiger partial charge in [0, 0.05) is 28.8 Å². The number of ether oxygens (including phenoxy) is 2. The summed E-state index contributed by atoms with van der Waals surface area (Å²) in [6.45, 7) is 0.207. The van der Waals surface area contributed by atoms with Crippen LogP contribution in [0.4, 0.5) is 5.13 Å². The molecule has 0 saturated carbocycles. The Labute approximate surface area is 169 Å². The zero-order valence-electron chi connectivity index (χ0n) is 15.0. The number of hydrogen-bond acceptors (Lipinski definition) is 6. The Morgan fingerprint density at radius 3 is 2.28 bits per heavy atom. The minimum atomic E-state index is -0.289. The van der Waals surface area contributed by atoms with Gasteiger partial charge in [-0.15, -0.1) is 0 Å². The van der Waals surface area contributed by atoms with Crippen LogP contribution in [0.25, 0.3) is 10.2 Å². The third kappa shape index (κ3) is 3.32. The van der Waals surface area contributed by atoms with Crippen LogP contribution in [0.5, 0.6) is 11.5 Å². The SMILES string of the molecule is O=C(Nc1nc2cc3c(cc2s1)OCO3)c1ccc(C(=O)c2ccccc2)cc1. The first-order valence-electron chi connectivity index (χ1n) is 8.89. The summed E-state index contributed by atoms with van der Waals surface area (Å²) < 4.78 is 11.6. The summed E-state index contributed by atoms with van der Waals surface area (Å²) in [5.74, 6) is 0.959. The number of rotatable bonds is 4. The standard InChI is InChI=1S/C22H14N2O4S/c25-20(13-4-2-1-3-5-13)14-6-8-15(9-7-14)21(26)24-22-23-16-10-17-18(28-12-27-17)11-19(16)29-22/h1-11H,12H2,(H,23,24,26). The number of hydrogen-bond donors (Lipinski definition) is 1. The lowest BCUT2D eigenvalue weighted by molar-refractivity contribution is 0.102. The van der Waals surface area contributed by atoms with E-state index in [0.29, 0.717) is 33.3 Å². The van der Waals surface area contributed by atoms with E-state index in [-0.39, 0.29) is 18.5 Å². The number of ketones is 1. The van der Waals surface area contributed by atoms with E-state index in [0.717, 1.165) is 10.2 Å². The van der Waals surface area contributed by atoms with Crippen LogP contribution in [0.2, 0.25) is 0 Å². The van der Waals surface area contributed by atoms with Gasteiger partial charge < -0.3 is 9.47 Å². The Balaban J connectivity index is 1.33. The first-order chi connectivity index (χ1) is 14.2. The van der Waals surface area contributed by atoms with Gasteiger partial charge in [-0.2, -0.15) is 0 Å². The van der Waals surface area contributed by atoms with E-state index in [1.165, 1.54) is 11.3 Å². The molecular weight excluding hydrogens is 388 g/mol. The number of nitrogens with zero attached hydrogens (tertiary/aromatic N) is 1. The maximum atomic E-state index is 12.6. The summed E-state index contributed by atoms with van der Waals surface area (Å²) in [6.07, 6.45) is 0. The van der Waals surface area contributed by atoms with Gasteiger partial charge in [-0.25, -0.2) is 4.98 Å². The Bertz CT molecular complexity index is 1190. The number of nitrogens with one attached hydrogen (secondary N) is 1. The molecule has 7 heteroatoms. The van der Waals surface area contributed by atoms with Crippen LogP contribution in [0.1, 0.15) is 26.3 Å². The lowest BCUT2D eigenvalue weighted by Gasteiger charge is -2.04. The van der Waals surface area contributed by atoms with E-state index in [4.69, 9.17) is 9.47 Å². The van der Waals surface area contributed by atoms with E-state index in [9.17, 15) is 9.59 Å². The molecular formula is C22H14N2O4S. The van der Waals surface area contributed by atoms with Crippen LogP contribution in [0, 0.1) is 0 Å². The van der Waals surface area contributed by atoms with Crippen LogP contribution in [-0.4, -0.2) is 23.5 Å². The zero-order chi connectivity index (χ0) is 19.8. The van der Waals surface area contributed by atoms with Crippen LogP contribution in [0.3, 0.4) is 0 Å². The average Bonchev–Trinajstić information content (AvgIpc) is 3.37. The van der Waals surface area contributed by atoms with Gasteiger partial charge >= 0.3 is 0 Å². The quantitative estimate of drug-likeness (QED) is 0.508. The number of carbonyl (C=O) groups excluding carboxylic acids is 2. The summed E-state index contributed by atoms with van der Waals surface area (Å²) in [6, 6.07) is 19.3. The highest BCUT2D eigenvalue weighted by Gasteiger charge is 2.18. The van der Waals surface area contributed by atoms with Crippen molar-refractivity contribution in [1.29, 1.82) is 0 Å². The maximum absolute atomic E-state index is 12.6. The Morgan fingerprint density at radius 2 is 1.52 bits per heavy atom. The van der Waals surface area contributed by atoms with Gasteiger partial charge in [0.1, 0.15) is 0 Å². The highest BCUT2D eigenvalue weighted by atomic mass is 32.1. The van der Waals surface area contributed by atoms with Gasteiger partial charge in [0.05, 0.1) is 10.2 Å². The molecule has 5 rings (SSSR count). The highest BCUT2D eigenvalue weighted by Crippen LogP contribution is 2.39. The Morgan fingerprint density at radius 1 is 0.862 bits per heavy atom. The minimum Gasteiger partial charge on any atom is -0.454 e. The van der Waals surface area contributed by atoms with Crippen molar-refractivity contribution >= 4 is 38.4 Å². The number of amides is 1. The molecule has 1 aromatic heterocycles. The molecule has 0 spiro atoms. The van der Waals surface area contributed by atoms with Gasteiger partial charge in [0.2, 0.25) is 6.79 Å². The van der Waals surface area contributed by atoms with Crippen molar-refractivity contribution in [2.24, 2.45) is 0 Å². The van der Waals surface area contributed by atoms with Gasteiger partial charge in [0.25, 0.3) is 5.91 Å². The minimum absolute atomic E-state index is 0.0822. The maximum Gasteiger partial charge on any atom is 0.257 e. The molecule has 142 valence electrons. The predicted molar refractivity (Wildman–Crippen MR) is 110 cm³/mol. The van der Waals surface area contributed by atoms with E-state index in [2.05, 4.69) is 10.3 Å². The molecule has 1 aliphatic rings. The van der Waals surface area contributed by atoms with Crippen LogP contribution < -0.4 is 14.8 Å². The van der Waals surface area contributed by atoms with Gasteiger partial charge in [-0.1, -0.05) is 53.8 Å². The second kappa shape index (κ2) is 7.03. The topological polar surface area (TPSA) is 77.5 Å². The van der Waals surface area contributed by atoms with Gasteiger partial charge in [-0.05, 0) is 12.1 Å². The fourth-order valence-electron chi connectivity index (χ4n) is 3.07. The van der Waals surface area contributed by atoms with Gasteiger partial charge in [0.15, 0.2) is 22.4 Å². The first-order valence-corrected chi connectivity index (χ1v) is 9.70. The van der Waals surface area contributed by atoms with E-state index in [1.54, 1.807) is 42.5 Å². The molecule has 4 aromatic rings. The third-order valence-electron chi connectivity index (χ3n) is 4.55. The fourth-order valence-corrected chi connectivity index (χ4v) is 3.94. The van der Waals surface area contributed by atoms with Crippen molar-refractivity contribution in [3.8, 4) is 11.5 Å². The summed E-state index contributed by atoms with van der Waals surface area (Å²) in [5.41, 5.74) is 2.32. The van der Waals surface area contributed by atoms with Crippen molar-refractivity contribution < 1.29 is 19.1 Å². The summed E-state index contributed by atoms with van der Waals surface area (Å²) in [7, 11) is 0. The molecule has 0 unspecified atom stereocenters. The molecule has 0 aliphatic carbocycles. The van der Waals surface area contributed by atoms with Crippen molar-refractivity contribution in [2.75, 3.05) is 12.1 Å². The molecule has 0 radical (unpaired) electrons. The largest absolute Gasteiger partial charge is 0.454 e. The summed E-state index contributed by atoms with van der Waals surface area (Å²) in [5, 5.41) is 3.29. The second-order valence-electron chi connectivity index (χ2n) is 6.42. The lowest BCUT2D eigenvalue weighted by atomic mass is 10.0. The summed E-state index contributed by atoms with van der Waals surface area (Å²) >= 11 is 1.36. The molecule has 0 bridgehead atoms. The predicted octanol–water partition coefficient (Wildman–Crippen LogP) is 4.51. The van der Waals surface area contributed by atoms with E-state index >= 15 is 0 Å². The monoisotopic (exact) mass is 402 g/mol. The first kappa shape index (κ1) is 17.4. The number of carbonyl (C=O) groups is 2. The molecule has 29 heavy (non-hydrogen) atoms. The molecule has 6 nitrogen and oxygen atoms in total. The number of aromatic nitrogens is 1. The third-order valence-corrected chi connectivity index (χ3v) is 5.48. The van der Waals surface area contributed by atoms with Gasteiger partial charge in [-0.3, -0.25) is 14.9 Å². The van der Waals surface area contributed by atoms with E-state index < -0.39 is 0 Å². The number of benzene rings is 3.